The van der Waals surface area contributed by atoms with Crippen molar-refractivity contribution in [3.8, 4) is 0 Å². The van der Waals surface area contributed by atoms with E-state index in [2.05, 4.69) is 22.1 Å². The number of rotatable bonds is 2. The maximum atomic E-state index is 4.29. The molecule has 15 heavy (non-hydrogen) atoms. The highest BCUT2D eigenvalue weighted by molar-refractivity contribution is 5.67. The van der Waals surface area contributed by atoms with Gasteiger partial charge in [0.05, 0.1) is 5.69 Å². The van der Waals surface area contributed by atoms with E-state index in [1.54, 1.807) is 6.20 Å². The predicted molar refractivity (Wildman–Crippen MR) is 62.1 cm³/mol. The van der Waals surface area contributed by atoms with E-state index in [0.717, 1.165) is 11.5 Å². The monoisotopic (exact) mass is 196 g/mol. The van der Waals surface area contributed by atoms with Gasteiger partial charge in [-0.25, -0.2) is 9.97 Å². The van der Waals surface area contributed by atoms with Gasteiger partial charge in [0.25, 0.3) is 0 Å². The average Bonchev–Trinajstić information content (AvgIpc) is 2.28. The number of aromatic nitrogens is 2. The first-order chi connectivity index (χ1) is 7.34. The van der Waals surface area contributed by atoms with Gasteiger partial charge in [0, 0.05) is 6.20 Å². The second-order valence-electron chi connectivity index (χ2n) is 3.27. The second-order valence-corrected chi connectivity index (χ2v) is 3.27. The summed E-state index contributed by atoms with van der Waals surface area (Å²) in [6.07, 6.45) is 5.80. The highest BCUT2D eigenvalue weighted by Gasteiger charge is 1.89. The van der Waals surface area contributed by atoms with Crippen molar-refractivity contribution in [3.63, 3.8) is 0 Å². The fourth-order valence-corrected chi connectivity index (χ4v) is 1.31. The summed E-state index contributed by atoms with van der Waals surface area (Å²) in [5.74, 6) is 0.796. The van der Waals surface area contributed by atoms with E-state index in [0.29, 0.717) is 0 Å². The molecule has 2 rings (SSSR count). The minimum absolute atomic E-state index is 0.796. The Labute approximate surface area is 89.3 Å². The van der Waals surface area contributed by atoms with Crippen molar-refractivity contribution in [1.82, 2.24) is 9.97 Å². The van der Waals surface area contributed by atoms with Gasteiger partial charge in [0.1, 0.15) is 5.82 Å². The predicted octanol–water partition coefficient (Wildman–Crippen LogP) is 2.96. The topological polar surface area (TPSA) is 25.8 Å². The molecule has 0 atom stereocenters. The Morgan fingerprint density at radius 2 is 1.80 bits per heavy atom. The summed E-state index contributed by atoms with van der Waals surface area (Å²) in [5.41, 5.74) is 2.11. The van der Waals surface area contributed by atoms with Gasteiger partial charge in [-0.15, -0.1) is 0 Å². The van der Waals surface area contributed by atoms with Crippen molar-refractivity contribution in [2.24, 2.45) is 0 Å². The molecule has 2 aromatic rings. The molecule has 0 spiro atoms. The van der Waals surface area contributed by atoms with Crippen molar-refractivity contribution in [3.05, 3.63) is 59.7 Å². The fraction of sp³-hybridized carbons (Fsp3) is 0.0769. The van der Waals surface area contributed by atoms with Crippen molar-refractivity contribution in [1.29, 1.82) is 0 Å². The molecule has 0 saturated carbocycles. The van der Waals surface area contributed by atoms with Crippen LogP contribution in [0.2, 0.25) is 0 Å². The zero-order valence-electron chi connectivity index (χ0n) is 8.59. The lowest BCUT2D eigenvalue weighted by Crippen LogP contribution is -1.87. The quantitative estimate of drug-likeness (QED) is 0.738. The van der Waals surface area contributed by atoms with Gasteiger partial charge >= 0.3 is 0 Å². The Hall–Kier alpha value is -1.96. The van der Waals surface area contributed by atoms with E-state index >= 15 is 0 Å². The van der Waals surface area contributed by atoms with Gasteiger partial charge < -0.3 is 0 Å². The molecular formula is C13H12N2. The standard InChI is InChI=1S/C13H12N2/c1-11-14-10-9-13(15-11)8-7-12-5-3-2-4-6-12/h2-10H,1H3/b8-7+. The maximum Gasteiger partial charge on any atom is 0.125 e. The van der Waals surface area contributed by atoms with Gasteiger partial charge in [0.15, 0.2) is 0 Å². The normalized spacial score (nSPS) is 10.7. The van der Waals surface area contributed by atoms with Crippen molar-refractivity contribution < 1.29 is 0 Å². The molecular weight excluding hydrogens is 184 g/mol. The lowest BCUT2D eigenvalue weighted by molar-refractivity contribution is 1.04. The van der Waals surface area contributed by atoms with Crippen LogP contribution < -0.4 is 0 Å². The van der Waals surface area contributed by atoms with Crippen LogP contribution in [0.1, 0.15) is 17.1 Å². The van der Waals surface area contributed by atoms with Crippen molar-refractivity contribution in [2.45, 2.75) is 6.92 Å². The molecule has 0 fully saturated rings. The van der Waals surface area contributed by atoms with Gasteiger partial charge in [0.2, 0.25) is 0 Å². The Morgan fingerprint density at radius 3 is 2.53 bits per heavy atom. The molecule has 2 nitrogen and oxygen atoms in total. The highest BCUT2D eigenvalue weighted by Crippen LogP contribution is 2.05. The smallest absolute Gasteiger partial charge is 0.125 e. The van der Waals surface area contributed by atoms with Crippen molar-refractivity contribution >= 4 is 12.2 Å². The summed E-state index contributed by atoms with van der Waals surface area (Å²) in [6, 6.07) is 12.1. The van der Waals surface area contributed by atoms with Gasteiger partial charge in [-0.2, -0.15) is 0 Å². The summed E-state index contributed by atoms with van der Waals surface area (Å²) in [7, 11) is 0. The van der Waals surface area contributed by atoms with E-state index in [1.165, 1.54) is 5.56 Å². The first kappa shape index (κ1) is 9.59. The molecule has 1 aromatic carbocycles. The van der Waals surface area contributed by atoms with E-state index in [1.807, 2.05) is 43.3 Å². The highest BCUT2D eigenvalue weighted by atomic mass is 14.9. The largest absolute Gasteiger partial charge is 0.242 e. The molecule has 1 heterocycles. The van der Waals surface area contributed by atoms with Crippen LogP contribution >= 0.6 is 0 Å². The Kier molecular flexibility index (Phi) is 2.88. The van der Waals surface area contributed by atoms with Crippen LogP contribution in [0.5, 0.6) is 0 Å². The van der Waals surface area contributed by atoms with Gasteiger partial charge in [-0.3, -0.25) is 0 Å². The molecule has 0 aliphatic heterocycles. The number of nitrogens with zero attached hydrogens (tertiary/aromatic N) is 2. The zero-order chi connectivity index (χ0) is 10.5. The molecule has 0 saturated heterocycles. The minimum Gasteiger partial charge on any atom is -0.242 e. The van der Waals surface area contributed by atoms with Crippen LogP contribution in [-0.2, 0) is 0 Å². The first-order valence-corrected chi connectivity index (χ1v) is 4.87. The Balaban J connectivity index is 2.19. The first-order valence-electron chi connectivity index (χ1n) is 4.87. The molecule has 1 aromatic heterocycles. The van der Waals surface area contributed by atoms with E-state index in [-0.39, 0.29) is 0 Å². The molecule has 0 bridgehead atoms. The number of hydrogen-bond acceptors (Lipinski definition) is 2. The van der Waals surface area contributed by atoms with Crippen molar-refractivity contribution in [2.75, 3.05) is 0 Å². The third-order valence-corrected chi connectivity index (χ3v) is 2.04. The average molecular weight is 196 g/mol. The third kappa shape index (κ3) is 2.74. The van der Waals surface area contributed by atoms with E-state index in [9.17, 15) is 0 Å². The number of hydrogen-bond donors (Lipinski definition) is 0. The lowest BCUT2D eigenvalue weighted by atomic mass is 10.2. The molecule has 2 heteroatoms. The van der Waals surface area contributed by atoms with Crippen LogP contribution in [-0.4, -0.2) is 9.97 Å². The summed E-state index contributed by atoms with van der Waals surface area (Å²) in [6.45, 7) is 1.89. The van der Waals surface area contributed by atoms with Crippen LogP contribution in [0.3, 0.4) is 0 Å². The molecule has 0 N–H and O–H groups in total. The van der Waals surface area contributed by atoms with Gasteiger partial charge in [-0.1, -0.05) is 36.4 Å². The van der Waals surface area contributed by atoms with Crippen LogP contribution in [0, 0.1) is 6.92 Å². The molecule has 0 amide bonds. The molecule has 0 aliphatic carbocycles. The zero-order valence-corrected chi connectivity index (χ0v) is 8.59. The second kappa shape index (κ2) is 4.51. The minimum atomic E-state index is 0.796. The number of benzene rings is 1. The SMILES string of the molecule is Cc1nccc(/C=C/c2ccccc2)n1. The Morgan fingerprint density at radius 1 is 1.00 bits per heavy atom. The van der Waals surface area contributed by atoms with Crippen LogP contribution in [0.15, 0.2) is 42.6 Å². The summed E-state index contributed by atoms with van der Waals surface area (Å²) in [4.78, 5) is 8.34. The summed E-state index contributed by atoms with van der Waals surface area (Å²) in [5, 5.41) is 0. The van der Waals surface area contributed by atoms with Crippen LogP contribution in [0.4, 0.5) is 0 Å². The number of aryl methyl sites for hydroxylation is 1. The van der Waals surface area contributed by atoms with E-state index in [4.69, 9.17) is 0 Å². The van der Waals surface area contributed by atoms with Crippen LogP contribution in [0.25, 0.3) is 12.2 Å². The molecule has 74 valence electrons. The molecule has 0 radical (unpaired) electrons. The third-order valence-electron chi connectivity index (χ3n) is 2.04. The van der Waals surface area contributed by atoms with E-state index < -0.39 is 0 Å². The summed E-state index contributed by atoms with van der Waals surface area (Å²) >= 11 is 0. The fourth-order valence-electron chi connectivity index (χ4n) is 1.31. The maximum absolute atomic E-state index is 4.29. The lowest BCUT2D eigenvalue weighted by Gasteiger charge is -1.94. The molecule has 0 unspecified atom stereocenters. The Bertz CT molecular complexity index is 461. The van der Waals surface area contributed by atoms with Gasteiger partial charge in [-0.05, 0) is 24.6 Å². The molecule has 0 aliphatic rings. The summed E-state index contributed by atoms with van der Waals surface area (Å²) < 4.78 is 0.